The molecule has 16 heavy (non-hydrogen) atoms. The summed E-state index contributed by atoms with van der Waals surface area (Å²) in [5.41, 5.74) is 2.08. The van der Waals surface area contributed by atoms with E-state index in [-0.39, 0.29) is 13.2 Å². The molecule has 1 heterocycles. The molecule has 2 rings (SSSR count). The van der Waals surface area contributed by atoms with Crippen LogP contribution in [0.15, 0.2) is 12.1 Å². The zero-order chi connectivity index (χ0) is 11.5. The van der Waals surface area contributed by atoms with Crippen LogP contribution in [-0.4, -0.2) is 38.2 Å². The highest BCUT2D eigenvalue weighted by molar-refractivity contribution is 7.00. The highest BCUT2D eigenvalue weighted by Crippen LogP contribution is 2.29. The van der Waals surface area contributed by atoms with E-state index in [0.717, 1.165) is 17.2 Å². The van der Waals surface area contributed by atoms with Crippen LogP contribution in [0.4, 0.5) is 5.69 Å². The molecular formula is C9H10ClN3O2S. The van der Waals surface area contributed by atoms with Gasteiger partial charge < -0.3 is 15.5 Å². The van der Waals surface area contributed by atoms with Crippen LogP contribution in [-0.2, 0) is 0 Å². The minimum Gasteiger partial charge on any atom is -0.394 e. The largest absolute Gasteiger partial charge is 0.394 e. The predicted molar refractivity (Wildman–Crippen MR) is 64.0 cm³/mol. The number of anilines is 1. The number of hydrogen-bond donors (Lipinski definition) is 3. The number of aromatic nitrogens is 2. The minimum absolute atomic E-state index is 0.215. The minimum atomic E-state index is -0.821. The average molecular weight is 260 g/mol. The Hall–Kier alpha value is -0.950. The van der Waals surface area contributed by atoms with Gasteiger partial charge in [0.1, 0.15) is 11.0 Å². The Kier molecular flexibility index (Phi) is 3.55. The average Bonchev–Trinajstić information content (AvgIpc) is 2.75. The van der Waals surface area contributed by atoms with Gasteiger partial charge in [-0.25, -0.2) is 0 Å². The van der Waals surface area contributed by atoms with E-state index in [4.69, 9.17) is 16.7 Å². The summed E-state index contributed by atoms with van der Waals surface area (Å²) < 4.78 is 8.21. The number of hydrogen-bond acceptors (Lipinski definition) is 6. The first-order valence-electron chi connectivity index (χ1n) is 4.66. The van der Waals surface area contributed by atoms with Gasteiger partial charge in [0.05, 0.1) is 35.1 Å². The lowest BCUT2D eigenvalue weighted by atomic mass is 10.2. The van der Waals surface area contributed by atoms with Crippen LogP contribution in [0.25, 0.3) is 11.0 Å². The fourth-order valence-corrected chi connectivity index (χ4v) is 2.04. The van der Waals surface area contributed by atoms with Crippen molar-refractivity contribution in [1.29, 1.82) is 0 Å². The zero-order valence-corrected chi connectivity index (χ0v) is 9.79. The van der Waals surface area contributed by atoms with Crippen LogP contribution in [0.5, 0.6) is 0 Å². The van der Waals surface area contributed by atoms with Gasteiger partial charge in [-0.3, -0.25) is 0 Å². The molecule has 0 aliphatic rings. The lowest BCUT2D eigenvalue weighted by Crippen LogP contribution is -2.23. The first-order valence-corrected chi connectivity index (χ1v) is 5.76. The highest BCUT2D eigenvalue weighted by Gasteiger charge is 2.10. The molecule has 0 saturated carbocycles. The fourth-order valence-electron chi connectivity index (χ4n) is 1.28. The highest BCUT2D eigenvalue weighted by atomic mass is 35.5. The van der Waals surface area contributed by atoms with Gasteiger partial charge in [0.2, 0.25) is 0 Å². The summed E-state index contributed by atoms with van der Waals surface area (Å²) in [6, 6.07) is 3.51. The number of rotatable bonds is 4. The van der Waals surface area contributed by atoms with Crippen molar-refractivity contribution in [1.82, 2.24) is 8.75 Å². The molecule has 86 valence electrons. The van der Waals surface area contributed by atoms with E-state index >= 15 is 0 Å². The number of aliphatic hydroxyl groups excluding tert-OH is 2. The third-order valence-corrected chi connectivity index (χ3v) is 2.96. The number of nitrogens with zero attached hydrogens (tertiary/aromatic N) is 2. The molecule has 0 saturated heterocycles. The van der Waals surface area contributed by atoms with E-state index in [9.17, 15) is 5.11 Å². The number of aliphatic hydroxyl groups is 2. The quantitative estimate of drug-likeness (QED) is 0.767. The number of fused-ring (bicyclic) bond motifs is 1. The Morgan fingerprint density at radius 3 is 3.00 bits per heavy atom. The van der Waals surface area contributed by atoms with Crippen molar-refractivity contribution in [2.45, 2.75) is 6.10 Å². The predicted octanol–water partition coefficient (Wildman–Crippen LogP) is 1.11. The monoisotopic (exact) mass is 259 g/mol. The topological polar surface area (TPSA) is 78.3 Å². The van der Waals surface area contributed by atoms with Gasteiger partial charge in [-0.05, 0) is 12.1 Å². The van der Waals surface area contributed by atoms with E-state index in [0.29, 0.717) is 16.2 Å². The molecule has 1 aromatic carbocycles. The van der Waals surface area contributed by atoms with Crippen LogP contribution in [0.2, 0.25) is 5.02 Å². The SMILES string of the molecule is OCC(O)CNc1c(Cl)ccc2nsnc12. The summed E-state index contributed by atoms with van der Waals surface area (Å²) in [7, 11) is 0. The normalized spacial score (nSPS) is 12.9. The lowest BCUT2D eigenvalue weighted by molar-refractivity contribution is 0.105. The van der Waals surface area contributed by atoms with E-state index in [2.05, 4.69) is 14.1 Å². The van der Waals surface area contributed by atoms with Crippen molar-refractivity contribution >= 4 is 40.0 Å². The molecule has 7 heteroatoms. The van der Waals surface area contributed by atoms with Gasteiger partial charge in [0, 0.05) is 6.54 Å². The van der Waals surface area contributed by atoms with Crippen molar-refractivity contribution in [2.75, 3.05) is 18.5 Å². The molecule has 1 aromatic heterocycles. The summed E-state index contributed by atoms with van der Waals surface area (Å²) >= 11 is 7.12. The Balaban J connectivity index is 2.27. The van der Waals surface area contributed by atoms with Gasteiger partial charge in [0.15, 0.2) is 0 Å². The number of nitrogens with one attached hydrogen (secondary N) is 1. The van der Waals surface area contributed by atoms with Crippen molar-refractivity contribution < 1.29 is 10.2 Å². The van der Waals surface area contributed by atoms with Crippen molar-refractivity contribution in [3.63, 3.8) is 0 Å². The van der Waals surface area contributed by atoms with Crippen molar-refractivity contribution in [3.8, 4) is 0 Å². The molecule has 0 aliphatic carbocycles. The summed E-state index contributed by atoms with van der Waals surface area (Å²) in [6.45, 7) is -0.0806. The molecule has 2 aromatic rings. The Labute approximate surface area is 101 Å². The number of benzene rings is 1. The third kappa shape index (κ3) is 2.25. The summed E-state index contributed by atoms with van der Waals surface area (Å²) in [5, 5.41) is 21.4. The first-order chi connectivity index (χ1) is 7.72. The molecule has 5 nitrogen and oxygen atoms in total. The Morgan fingerprint density at radius 2 is 2.25 bits per heavy atom. The van der Waals surface area contributed by atoms with Crippen molar-refractivity contribution in [2.24, 2.45) is 0 Å². The second-order valence-electron chi connectivity index (χ2n) is 3.27. The molecule has 1 unspecified atom stereocenters. The zero-order valence-electron chi connectivity index (χ0n) is 8.22. The maximum atomic E-state index is 9.24. The molecule has 3 N–H and O–H groups in total. The van der Waals surface area contributed by atoms with Gasteiger partial charge in [-0.2, -0.15) is 8.75 Å². The third-order valence-electron chi connectivity index (χ3n) is 2.10. The molecule has 0 aliphatic heterocycles. The van der Waals surface area contributed by atoms with Crippen LogP contribution in [0, 0.1) is 0 Å². The van der Waals surface area contributed by atoms with Gasteiger partial charge in [0.25, 0.3) is 0 Å². The van der Waals surface area contributed by atoms with Crippen LogP contribution >= 0.6 is 23.3 Å². The smallest absolute Gasteiger partial charge is 0.129 e. The van der Waals surface area contributed by atoms with Crippen LogP contribution < -0.4 is 5.32 Å². The molecule has 0 bridgehead atoms. The lowest BCUT2D eigenvalue weighted by Gasteiger charge is -2.11. The van der Waals surface area contributed by atoms with Gasteiger partial charge in [-0.1, -0.05) is 11.6 Å². The summed E-state index contributed by atoms with van der Waals surface area (Å²) in [5.74, 6) is 0. The summed E-state index contributed by atoms with van der Waals surface area (Å²) in [4.78, 5) is 0. The van der Waals surface area contributed by atoms with Crippen molar-refractivity contribution in [3.05, 3.63) is 17.2 Å². The van der Waals surface area contributed by atoms with E-state index < -0.39 is 6.10 Å². The molecule has 0 amide bonds. The van der Waals surface area contributed by atoms with E-state index in [1.807, 2.05) is 0 Å². The first kappa shape index (κ1) is 11.5. The Morgan fingerprint density at radius 1 is 1.44 bits per heavy atom. The van der Waals surface area contributed by atoms with Crippen LogP contribution in [0.1, 0.15) is 0 Å². The second kappa shape index (κ2) is 4.92. The van der Waals surface area contributed by atoms with Crippen LogP contribution in [0.3, 0.4) is 0 Å². The molecular weight excluding hydrogens is 250 g/mol. The fraction of sp³-hybridized carbons (Fsp3) is 0.333. The number of halogens is 1. The molecule has 1 atom stereocenters. The van der Waals surface area contributed by atoms with E-state index in [1.165, 1.54) is 0 Å². The molecule has 0 radical (unpaired) electrons. The maximum absolute atomic E-state index is 9.24. The Bertz CT molecular complexity index is 491. The van der Waals surface area contributed by atoms with Gasteiger partial charge >= 0.3 is 0 Å². The molecule has 0 fully saturated rings. The maximum Gasteiger partial charge on any atom is 0.129 e. The standard InChI is InChI=1S/C9H10ClN3O2S/c10-6-1-2-7-9(13-16-12-7)8(6)11-3-5(15)4-14/h1-2,5,11,14-15H,3-4H2. The summed E-state index contributed by atoms with van der Waals surface area (Å²) in [6.07, 6.45) is -0.821. The molecule has 0 spiro atoms. The van der Waals surface area contributed by atoms with E-state index in [1.54, 1.807) is 12.1 Å². The second-order valence-corrected chi connectivity index (χ2v) is 4.21. The van der Waals surface area contributed by atoms with Gasteiger partial charge in [-0.15, -0.1) is 0 Å².